The predicted octanol–water partition coefficient (Wildman–Crippen LogP) is 2.98. The standard InChI is InChI=1S/C15H26N2O2S2/c1-11-7-5-6-8-14(11)17(4)21(18,19)15-9-13(10-16-3)20-12(15)2/h9,11,14,16H,5-8,10H2,1-4H3. The molecule has 2 rings (SSSR count). The summed E-state index contributed by atoms with van der Waals surface area (Å²) < 4.78 is 27.5. The second kappa shape index (κ2) is 6.77. The van der Waals surface area contributed by atoms with Crippen molar-refractivity contribution in [3.8, 4) is 0 Å². The molecule has 1 saturated carbocycles. The molecule has 4 nitrogen and oxygen atoms in total. The molecule has 1 N–H and O–H groups in total. The van der Waals surface area contributed by atoms with E-state index in [1.54, 1.807) is 22.7 Å². The number of aryl methyl sites for hydroxylation is 1. The van der Waals surface area contributed by atoms with Crippen molar-refractivity contribution in [2.45, 2.75) is 57.0 Å². The van der Waals surface area contributed by atoms with E-state index in [0.29, 0.717) is 17.4 Å². The van der Waals surface area contributed by atoms with Crippen molar-refractivity contribution in [3.63, 3.8) is 0 Å². The molecule has 6 heteroatoms. The zero-order valence-electron chi connectivity index (χ0n) is 13.3. The molecule has 1 aromatic rings. The van der Waals surface area contributed by atoms with Gasteiger partial charge in [-0.1, -0.05) is 19.8 Å². The smallest absolute Gasteiger partial charge is 0.244 e. The van der Waals surface area contributed by atoms with E-state index in [9.17, 15) is 8.42 Å². The molecular weight excluding hydrogens is 304 g/mol. The lowest BCUT2D eigenvalue weighted by molar-refractivity contribution is 0.213. The average molecular weight is 331 g/mol. The zero-order valence-corrected chi connectivity index (χ0v) is 15.0. The molecular formula is C15H26N2O2S2. The first kappa shape index (κ1) is 16.9. The van der Waals surface area contributed by atoms with Crippen molar-refractivity contribution in [1.82, 2.24) is 9.62 Å². The van der Waals surface area contributed by atoms with Crippen molar-refractivity contribution in [2.75, 3.05) is 14.1 Å². The maximum atomic E-state index is 12.9. The summed E-state index contributed by atoms with van der Waals surface area (Å²) in [6.45, 7) is 4.78. The van der Waals surface area contributed by atoms with E-state index in [-0.39, 0.29) is 6.04 Å². The van der Waals surface area contributed by atoms with Crippen molar-refractivity contribution >= 4 is 21.4 Å². The van der Waals surface area contributed by atoms with Gasteiger partial charge in [0.1, 0.15) is 0 Å². The largest absolute Gasteiger partial charge is 0.315 e. The van der Waals surface area contributed by atoms with Crippen LogP contribution in [0.15, 0.2) is 11.0 Å². The van der Waals surface area contributed by atoms with Crippen LogP contribution in [0.1, 0.15) is 42.4 Å². The maximum Gasteiger partial charge on any atom is 0.244 e. The van der Waals surface area contributed by atoms with Crippen LogP contribution in [-0.4, -0.2) is 32.9 Å². The number of hydrogen-bond donors (Lipinski definition) is 1. The molecule has 1 aromatic heterocycles. The summed E-state index contributed by atoms with van der Waals surface area (Å²) in [7, 11) is 0.237. The van der Waals surface area contributed by atoms with Gasteiger partial charge in [-0.2, -0.15) is 4.31 Å². The van der Waals surface area contributed by atoms with Gasteiger partial charge in [-0.3, -0.25) is 0 Å². The number of nitrogens with zero attached hydrogens (tertiary/aromatic N) is 1. The Morgan fingerprint density at radius 1 is 1.38 bits per heavy atom. The van der Waals surface area contributed by atoms with Gasteiger partial charge in [-0.25, -0.2) is 8.42 Å². The lowest BCUT2D eigenvalue weighted by Gasteiger charge is -2.35. The molecule has 0 aromatic carbocycles. The minimum absolute atomic E-state index is 0.135. The highest BCUT2D eigenvalue weighted by Gasteiger charge is 2.34. The van der Waals surface area contributed by atoms with Gasteiger partial charge < -0.3 is 5.32 Å². The van der Waals surface area contributed by atoms with E-state index in [4.69, 9.17) is 0 Å². The molecule has 2 atom stereocenters. The Balaban J connectivity index is 2.28. The topological polar surface area (TPSA) is 49.4 Å². The molecule has 0 radical (unpaired) electrons. The lowest BCUT2D eigenvalue weighted by atomic mass is 9.86. The average Bonchev–Trinajstić information content (AvgIpc) is 2.80. The summed E-state index contributed by atoms with van der Waals surface area (Å²) >= 11 is 1.56. The molecule has 0 spiro atoms. The molecule has 120 valence electrons. The van der Waals surface area contributed by atoms with Gasteiger partial charge in [-0.15, -0.1) is 11.3 Å². The van der Waals surface area contributed by atoms with E-state index in [1.807, 2.05) is 20.0 Å². The van der Waals surface area contributed by atoms with Crippen LogP contribution < -0.4 is 5.32 Å². The van der Waals surface area contributed by atoms with Gasteiger partial charge >= 0.3 is 0 Å². The van der Waals surface area contributed by atoms with Crippen LogP contribution in [0.3, 0.4) is 0 Å². The fraction of sp³-hybridized carbons (Fsp3) is 0.733. The highest BCUT2D eigenvalue weighted by atomic mass is 32.2. The van der Waals surface area contributed by atoms with Gasteiger partial charge in [-0.05, 0) is 38.8 Å². The second-order valence-electron chi connectivity index (χ2n) is 6.01. The quantitative estimate of drug-likeness (QED) is 0.903. The number of thiophene rings is 1. The SMILES string of the molecule is CNCc1cc(S(=O)(=O)N(C)C2CCCCC2C)c(C)s1. The summed E-state index contributed by atoms with van der Waals surface area (Å²) in [4.78, 5) is 2.44. The zero-order chi connectivity index (χ0) is 15.6. The Labute approximate surface area is 132 Å². The summed E-state index contributed by atoms with van der Waals surface area (Å²) in [5, 5.41) is 3.08. The highest BCUT2D eigenvalue weighted by molar-refractivity contribution is 7.89. The summed E-state index contributed by atoms with van der Waals surface area (Å²) in [5.74, 6) is 0.439. The predicted molar refractivity (Wildman–Crippen MR) is 88.2 cm³/mol. The lowest BCUT2D eigenvalue weighted by Crippen LogP contribution is -2.42. The number of hydrogen-bond acceptors (Lipinski definition) is 4. The molecule has 0 bridgehead atoms. The monoisotopic (exact) mass is 330 g/mol. The van der Waals surface area contributed by atoms with Crippen molar-refractivity contribution in [2.24, 2.45) is 5.92 Å². The van der Waals surface area contributed by atoms with Gasteiger partial charge in [0.2, 0.25) is 10.0 Å². The van der Waals surface area contributed by atoms with Crippen LogP contribution in [0.5, 0.6) is 0 Å². The van der Waals surface area contributed by atoms with Gasteiger partial charge in [0, 0.05) is 29.4 Å². The third-order valence-corrected chi connectivity index (χ3v) is 7.65. The van der Waals surface area contributed by atoms with Crippen LogP contribution in [0.25, 0.3) is 0 Å². The van der Waals surface area contributed by atoms with E-state index < -0.39 is 10.0 Å². The number of sulfonamides is 1. The van der Waals surface area contributed by atoms with Crippen molar-refractivity contribution < 1.29 is 8.42 Å². The molecule has 1 aliphatic carbocycles. The maximum absolute atomic E-state index is 12.9. The first-order valence-corrected chi connectivity index (χ1v) is 9.85. The number of nitrogens with one attached hydrogen (secondary N) is 1. The Hall–Kier alpha value is -0.430. The minimum Gasteiger partial charge on any atom is -0.315 e. The Kier molecular flexibility index (Phi) is 5.46. The fourth-order valence-electron chi connectivity index (χ4n) is 3.21. The van der Waals surface area contributed by atoms with Crippen LogP contribution in [0, 0.1) is 12.8 Å². The minimum atomic E-state index is -3.38. The van der Waals surface area contributed by atoms with E-state index in [0.717, 1.165) is 29.0 Å². The third kappa shape index (κ3) is 3.50. The normalized spacial score (nSPS) is 23.7. The van der Waals surface area contributed by atoms with Crippen molar-refractivity contribution in [3.05, 3.63) is 15.8 Å². The summed E-state index contributed by atoms with van der Waals surface area (Å²) in [6, 6.07) is 1.96. The van der Waals surface area contributed by atoms with Crippen LogP contribution >= 0.6 is 11.3 Å². The summed E-state index contributed by atoms with van der Waals surface area (Å²) in [5.41, 5.74) is 0. The molecule has 1 fully saturated rings. The fourth-order valence-corrected chi connectivity index (χ4v) is 6.31. The Morgan fingerprint density at radius 3 is 2.67 bits per heavy atom. The number of rotatable bonds is 5. The molecule has 0 amide bonds. The van der Waals surface area contributed by atoms with Gasteiger partial charge in [0.15, 0.2) is 0 Å². The molecule has 2 unspecified atom stereocenters. The molecule has 1 heterocycles. The Bertz CT molecular complexity index is 580. The van der Waals surface area contributed by atoms with E-state index in [2.05, 4.69) is 12.2 Å². The second-order valence-corrected chi connectivity index (χ2v) is 9.32. The first-order valence-electron chi connectivity index (χ1n) is 7.60. The van der Waals surface area contributed by atoms with E-state index in [1.165, 1.54) is 6.42 Å². The van der Waals surface area contributed by atoms with Gasteiger partial charge in [0.05, 0.1) is 4.90 Å². The summed E-state index contributed by atoms with van der Waals surface area (Å²) in [6.07, 6.45) is 4.44. The van der Waals surface area contributed by atoms with Crippen LogP contribution in [0.4, 0.5) is 0 Å². The Morgan fingerprint density at radius 2 is 2.05 bits per heavy atom. The van der Waals surface area contributed by atoms with Crippen molar-refractivity contribution in [1.29, 1.82) is 0 Å². The molecule has 1 aliphatic rings. The van der Waals surface area contributed by atoms with E-state index >= 15 is 0 Å². The molecule has 21 heavy (non-hydrogen) atoms. The molecule has 0 aliphatic heterocycles. The van der Waals surface area contributed by atoms with Gasteiger partial charge in [0.25, 0.3) is 0 Å². The van der Waals surface area contributed by atoms with Crippen LogP contribution in [0.2, 0.25) is 0 Å². The third-order valence-electron chi connectivity index (χ3n) is 4.46. The molecule has 0 saturated heterocycles. The highest BCUT2D eigenvalue weighted by Crippen LogP contribution is 2.33. The van der Waals surface area contributed by atoms with Crippen LogP contribution in [-0.2, 0) is 16.6 Å². The first-order chi connectivity index (χ1) is 9.87.